The van der Waals surface area contributed by atoms with Crippen LogP contribution in [0.1, 0.15) is 29.4 Å². The Morgan fingerprint density at radius 3 is 2.54 bits per heavy atom. The van der Waals surface area contributed by atoms with Crippen molar-refractivity contribution in [1.82, 2.24) is 20.3 Å². The molecule has 0 fully saturated rings. The number of aromatic nitrogens is 3. The van der Waals surface area contributed by atoms with Gasteiger partial charge in [-0.15, -0.1) is 0 Å². The topological polar surface area (TPSA) is 138 Å². The van der Waals surface area contributed by atoms with Crippen molar-refractivity contribution in [3.05, 3.63) is 97.0 Å². The minimum Gasteiger partial charge on any atom is -0.457 e. The summed E-state index contributed by atoms with van der Waals surface area (Å²) in [5.74, 6) is 1.09. The Balaban J connectivity index is 1.55. The van der Waals surface area contributed by atoms with Gasteiger partial charge in [0.25, 0.3) is 5.91 Å². The summed E-state index contributed by atoms with van der Waals surface area (Å²) in [4.78, 5) is 50.4. The summed E-state index contributed by atoms with van der Waals surface area (Å²) in [6.07, 6.45) is 6.54. The quantitative estimate of drug-likeness (QED) is 0.163. The number of pyridine rings is 1. The van der Waals surface area contributed by atoms with Crippen LogP contribution in [0.25, 0.3) is 0 Å². The molecule has 3 amide bonds. The lowest BCUT2D eigenvalue weighted by molar-refractivity contribution is -0.112. The summed E-state index contributed by atoms with van der Waals surface area (Å²) in [7, 11) is 1.54. The average molecular weight is 552 g/mol. The molecule has 2 aromatic heterocycles. The lowest BCUT2D eigenvalue weighted by Crippen LogP contribution is -2.19. The number of nitrogens with zero attached hydrogens (tertiary/aromatic N) is 4. The van der Waals surface area contributed by atoms with Crippen LogP contribution in [0.5, 0.6) is 11.5 Å². The molecule has 2 heterocycles. The van der Waals surface area contributed by atoms with Crippen molar-refractivity contribution < 1.29 is 19.1 Å². The maximum Gasteiger partial charge on any atom is 0.269 e. The summed E-state index contributed by atoms with van der Waals surface area (Å²) >= 11 is 0. The van der Waals surface area contributed by atoms with E-state index < -0.39 is 0 Å². The van der Waals surface area contributed by atoms with Gasteiger partial charge in [0.05, 0.1) is 5.69 Å². The molecule has 0 saturated carbocycles. The Hall–Kier alpha value is -5.58. The fourth-order valence-electron chi connectivity index (χ4n) is 3.87. The van der Waals surface area contributed by atoms with Crippen molar-refractivity contribution in [2.75, 3.05) is 22.6 Å². The van der Waals surface area contributed by atoms with Gasteiger partial charge >= 0.3 is 0 Å². The first kappa shape index (κ1) is 28.4. The Morgan fingerprint density at radius 1 is 1.02 bits per heavy atom. The fraction of sp³-hybridized carbons (Fsp3) is 0.133. The summed E-state index contributed by atoms with van der Waals surface area (Å²) in [5.41, 5.74) is 2.78. The number of hydrogen-bond donors (Lipinski definition) is 3. The summed E-state index contributed by atoms with van der Waals surface area (Å²) < 4.78 is 5.86. The molecule has 0 aliphatic heterocycles. The van der Waals surface area contributed by atoms with E-state index in [4.69, 9.17) is 4.74 Å². The number of anilines is 5. The van der Waals surface area contributed by atoms with Gasteiger partial charge in [-0.1, -0.05) is 26.0 Å². The van der Waals surface area contributed by atoms with Crippen LogP contribution in [-0.2, 0) is 16.0 Å². The summed E-state index contributed by atoms with van der Waals surface area (Å²) in [5, 5.41) is 8.39. The first-order valence-electron chi connectivity index (χ1n) is 12.8. The number of amides is 3. The third kappa shape index (κ3) is 7.30. The highest BCUT2D eigenvalue weighted by atomic mass is 16.5. The summed E-state index contributed by atoms with van der Waals surface area (Å²) in [6, 6.07) is 17.2. The second-order valence-corrected chi connectivity index (χ2v) is 8.72. The number of rotatable bonds is 12. The molecule has 0 radical (unpaired) electrons. The third-order valence-electron chi connectivity index (χ3n) is 5.81. The standard InChI is InChI=1S/C30H29N7O4/c1-4-7-20-18-33-30(36-28(20)37(19-38)23-9-6-8-22(16-23)34-27(39)5-2)35-21-10-12-24(13-11-21)41-25-14-15-32-26(17-25)29(40)31-3/h5-6,8-19H,2,4,7H2,1,3H3,(H,31,40)(H,34,39)(H,33,35,36). The van der Waals surface area contributed by atoms with Crippen molar-refractivity contribution in [2.45, 2.75) is 19.8 Å². The first-order chi connectivity index (χ1) is 19.9. The molecular formula is C30H29N7O4. The van der Waals surface area contributed by atoms with E-state index in [9.17, 15) is 14.4 Å². The highest BCUT2D eigenvalue weighted by Gasteiger charge is 2.17. The molecule has 0 bridgehead atoms. The lowest BCUT2D eigenvalue weighted by Gasteiger charge is -2.21. The lowest BCUT2D eigenvalue weighted by atomic mass is 10.1. The van der Waals surface area contributed by atoms with Gasteiger partial charge < -0.3 is 20.7 Å². The number of nitrogens with one attached hydrogen (secondary N) is 3. The third-order valence-corrected chi connectivity index (χ3v) is 5.81. The van der Waals surface area contributed by atoms with E-state index in [1.165, 1.54) is 24.2 Å². The second-order valence-electron chi connectivity index (χ2n) is 8.72. The zero-order valence-electron chi connectivity index (χ0n) is 22.6. The van der Waals surface area contributed by atoms with E-state index in [2.05, 4.69) is 37.5 Å². The molecule has 41 heavy (non-hydrogen) atoms. The van der Waals surface area contributed by atoms with Gasteiger partial charge in [-0.3, -0.25) is 24.3 Å². The van der Waals surface area contributed by atoms with Crippen LogP contribution >= 0.6 is 0 Å². The van der Waals surface area contributed by atoms with Gasteiger partial charge in [0.1, 0.15) is 23.0 Å². The molecule has 2 aromatic carbocycles. The van der Waals surface area contributed by atoms with Gasteiger partial charge in [0.2, 0.25) is 18.3 Å². The maximum absolute atomic E-state index is 12.3. The van der Waals surface area contributed by atoms with Crippen molar-refractivity contribution in [3.8, 4) is 11.5 Å². The van der Waals surface area contributed by atoms with E-state index >= 15 is 0 Å². The largest absolute Gasteiger partial charge is 0.457 e. The molecule has 0 spiro atoms. The Labute approximate surface area is 237 Å². The molecule has 3 N–H and O–H groups in total. The van der Waals surface area contributed by atoms with Gasteiger partial charge in [-0.25, -0.2) is 4.98 Å². The van der Waals surface area contributed by atoms with Crippen LogP contribution in [0.3, 0.4) is 0 Å². The SMILES string of the molecule is C=CC(=O)Nc1cccc(N(C=O)c2nc(Nc3ccc(Oc4ccnc(C(=O)NC)c4)cc3)ncc2CCC)c1. The van der Waals surface area contributed by atoms with Gasteiger partial charge in [0.15, 0.2) is 0 Å². The zero-order valence-corrected chi connectivity index (χ0v) is 22.6. The molecule has 0 aliphatic rings. The predicted octanol–water partition coefficient (Wildman–Crippen LogP) is 5.14. The number of ether oxygens (including phenoxy) is 1. The van der Waals surface area contributed by atoms with Gasteiger partial charge in [0, 0.05) is 42.4 Å². The minimum absolute atomic E-state index is 0.250. The molecule has 4 aromatic rings. The van der Waals surface area contributed by atoms with Crippen LogP contribution in [-0.4, -0.2) is 40.2 Å². The van der Waals surface area contributed by atoms with Crippen molar-refractivity contribution in [3.63, 3.8) is 0 Å². The van der Waals surface area contributed by atoms with Crippen LogP contribution in [0.2, 0.25) is 0 Å². The number of aryl methyl sites for hydroxylation is 1. The number of benzene rings is 2. The number of hydrogen-bond acceptors (Lipinski definition) is 8. The average Bonchev–Trinajstić information content (AvgIpc) is 2.99. The summed E-state index contributed by atoms with van der Waals surface area (Å²) in [6.45, 7) is 5.49. The van der Waals surface area contributed by atoms with E-state index in [1.54, 1.807) is 66.9 Å². The smallest absolute Gasteiger partial charge is 0.269 e. The molecule has 11 nitrogen and oxygen atoms in total. The maximum atomic E-state index is 12.3. The van der Waals surface area contributed by atoms with Gasteiger partial charge in [-0.05, 0) is 61.0 Å². The fourth-order valence-corrected chi connectivity index (χ4v) is 3.87. The van der Waals surface area contributed by atoms with E-state index in [1.807, 2.05) is 6.92 Å². The highest BCUT2D eigenvalue weighted by molar-refractivity contribution is 5.99. The van der Waals surface area contributed by atoms with Crippen molar-refractivity contribution in [1.29, 1.82) is 0 Å². The molecule has 4 rings (SSSR count). The van der Waals surface area contributed by atoms with Crippen molar-refractivity contribution >= 4 is 47.1 Å². The molecule has 0 atom stereocenters. The Kier molecular flexibility index (Phi) is 9.34. The van der Waals surface area contributed by atoms with Gasteiger partial charge in [-0.2, -0.15) is 4.98 Å². The molecule has 208 valence electrons. The van der Waals surface area contributed by atoms with E-state index in [-0.39, 0.29) is 17.5 Å². The van der Waals surface area contributed by atoms with Crippen LogP contribution < -0.4 is 25.6 Å². The number of carbonyl (C=O) groups excluding carboxylic acids is 3. The van der Waals surface area contributed by atoms with Crippen LogP contribution in [0.15, 0.2) is 85.7 Å². The minimum atomic E-state index is -0.356. The van der Waals surface area contributed by atoms with E-state index in [0.29, 0.717) is 53.2 Å². The zero-order chi connectivity index (χ0) is 29.2. The molecule has 0 aliphatic carbocycles. The molecular weight excluding hydrogens is 522 g/mol. The van der Waals surface area contributed by atoms with Crippen molar-refractivity contribution in [2.24, 2.45) is 0 Å². The first-order valence-corrected chi connectivity index (χ1v) is 12.8. The normalized spacial score (nSPS) is 10.3. The van der Waals surface area contributed by atoms with E-state index in [0.717, 1.165) is 12.0 Å². The monoisotopic (exact) mass is 551 g/mol. The molecule has 0 saturated heterocycles. The number of carbonyl (C=O) groups is 3. The highest BCUT2D eigenvalue weighted by Crippen LogP contribution is 2.30. The predicted molar refractivity (Wildman–Crippen MR) is 157 cm³/mol. The Bertz CT molecular complexity index is 1560. The molecule has 0 unspecified atom stereocenters. The Morgan fingerprint density at radius 2 is 1.83 bits per heavy atom. The molecule has 11 heteroatoms. The second kappa shape index (κ2) is 13.5. The van der Waals surface area contributed by atoms with Crippen LogP contribution in [0.4, 0.5) is 28.8 Å². The van der Waals surface area contributed by atoms with Crippen LogP contribution in [0, 0.1) is 0 Å².